The molecule has 0 bridgehead atoms. The quantitative estimate of drug-likeness (QED) is 0.132. The van der Waals surface area contributed by atoms with Gasteiger partial charge in [-0.2, -0.15) is 0 Å². The van der Waals surface area contributed by atoms with Crippen molar-refractivity contribution in [2.45, 2.75) is 63.4 Å². The lowest BCUT2D eigenvalue weighted by Crippen LogP contribution is -2.53. The van der Waals surface area contributed by atoms with Crippen molar-refractivity contribution in [1.82, 2.24) is 10.2 Å². The zero-order valence-corrected chi connectivity index (χ0v) is 29.0. The highest BCUT2D eigenvalue weighted by atomic mass is 79.9. The first-order valence-corrected chi connectivity index (χ1v) is 17.9. The van der Waals surface area contributed by atoms with Crippen LogP contribution in [0.3, 0.4) is 0 Å². The lowest BCUT2D eigenvalue weighted by Gasteiger charge is -2.34. The fourth-order valence-corrected chi connectivity index (χ4v) is 7.05. The van der Waals surface area contributed by atoms with Gasteiger partial charge in [0, 0.05) is 24.0 Å². The topological polar surface area (TPSA) is 86.8 Å². The van der Waals surface area contributed by atoms with E-state index in [0.717, 1.165) is 38.3 Å². The number of amides is 2. The average Bonchev–Trinajstić information content (AvgIpc) is 3.06. The van der Waals surface area contributed by atoms with Gasteiger partial charge in [0.25, 0.3) is 10.0 Å². The van der Waals surface area contributed by atoms with E-state index in [9.17, 15) is 18.0 Å². The molecule has 0 aliphatic rings. The summed E-state index contributed by atoms with van der Waals surface area (Å²) in [7, 11) is -4.14. The van der Waals surface area contributed by atoms with Crippen LogP contribution in [-0.2, 0) is 32.6 Å². The normalized spacial score (nSPS) is 12.0. The third-order valence-electron chi connectivity index (χ3n) is 7.80. The monoisotopic (exact) mass is 703 g/mol. The molecular formula is C37H42BrN3O4S. The number of nitrogens with zero attached hydrogens (tertiary/aromatic N) is 2. The number of rotatable bonds is 15. The van der Waals surface area contributed by atoms with Crippen molar-refractivity contribution in [3.8, 4) is 0 Å². The minimum atomic E-state index is -4.14. The molecule has 0 spiro atoms. The summed E-state index contributed by atoms with van der Waals surface area (Å²) in [5.41, 5.74) is 3.12. The minimum absolute atomic E-state index is 0.0763. The fraction of sp³-hybridized carbons (Fsp3) is 0.297. The third kappa shape index (κ3) is 9.30. The Morgan fingerprint density at radius 2 is 1.46 bits per heavy atom. The molecule has 0 fully saturated rings. The molecule has 0 aliphatic carbocycles. The largest absolute Gasteiger partial charge is 0.354 e. The van der Waals surface area contributed by atoms with E-state index < -0.39 is 28.5 Å². The first-order chi connectivity index (χ1) is 22.1. The summed E-state index contributed by atoms with van der Waals surface area (Å²) in [6.45, 7) is 6.29. The Kier molecular flexibility index (Phi) is 12.6. The summed E-state index contributed by atoms with van der Waals surface area (Å²) in [6, 6.07) is 31.6. The summed E-state index contributed by atoms with van der Waals surface area (Å²) < 4.78 is 30.3. The van der Waals surface area contributed by atoms with Crippen LogP contribution in [0.25, 0.3) is 0 Å². The Morgan fingerprint density at radius 3 is 2.07 bits per heavy atom. The molecule has 4 aromatic carbocycles. The number of halogens is 1. The van der Waals surface area contributed by atoms with Gasteiger partial charge in [0.1, 0.15) is 12.6 Å². The minimum Gasteiger partial charge on any atom is -0.354 e. The van der Waals surface area contributed by atoms with Crippen LogP contribution in [0.5, 0.6) is 0 Å². The maximum absolute atomic E-state index is 14.6. The highest BCUT2D eigenvalue weighted by Gasteiger charge is 2.34. The van der Waals surface area contributed by atoms with Crippen LogP contribution >= 0.6 is 15.9 Å². The molecule has 0 aromatic heterocycles. The van der Waals surface area contributed by atoms with Crippen LogP contribution < -0.4 is 9.62 Å². The Hall–Kier alpha value is -3.95. The molecule has 0 saturated carbocycles. The van der Waals surface area contributed by atoms with Crippen LogP contribution in [0.15, 0.2) is 119 Å². The fourth-order valence-electron chi connectivity index (χ4n) is 5.17. The summed E-state index contributed by atoms with van der Waals surface area (Å²) in [5, 5.41) is 3.02. The second-order valence-electron chi connectivity index (χ2n) is 11.6. The van der Waals surface area contributed by atoms with Gasteiger partial charge < -0.3 is 10.2 Å². The lowest BCUT2D eigenvalue weighted by atomic mass is 10.0. The van der Waals surface area contributed by atoms with Crippen molar-refractivity contribution in [2.75, 3.05) is 17.4 Å². The molecule has 0 aliphatic heterocycles. The smallest absolute Gasteiger partial charge is 0.264 e. The third-order valence-corrected chi connectivity index (χ3v) is 10.1. The molecule has 1 atom stereocenters. The van der Waals surface area contributed by atoms with E-state index in [0.29, 0.717) is 12.2 Å². The first-order valence-electron chi connectivity index (χ1n) is 15.6. The molecule has 0 heterocycles. The molecule has 0 saturated heterocycles. The average molecular weight is 705 g/mol. The molecule has 1 N–H and O–H groups in total. The van der Waals surface area contributed by atoms with Gasteiger partial charge in [-0.15, -0.1) is 0 Å². The molecule has 0 unspecified atom stereocenters. The lowest BCUT2D eigenvalue weighted by molar-refractivity contribution is -0.140. The molecular weight excluding hydrogens is 662 g/mol. The van der Waals surface area contributed by atoms with Crippen LogP contribution in [0, 0.1) is 0 Å². The molecule has 7 nitrogen and oxygen atoms in total. The van der Waals surface area contributed by atoms with Crippen molar-refractivity contribution in [3.05, 3.63) is 130 Å². The number of carbonyl (C=O) groups excluding carboxylic acids is 2. The number of benzene rings is 4. The van der Waals surface area contributed by atoms with E-state index in [1.54, 1.807) is 30.3 Å². The van der Waals surface area contributed by atoms with Crippen LogP contribution in [0.1, 0.15) is 56.2 Å². The number of nitrogens with one attached hydrogen (secondary N) is 1. The zero-order chi connectivity index (χ0) is 33.1. The van der Waals surface area contributed by atoms with E-state index in [1.165, 1.54) is 17.0 Å². The highest BCUT2D eigenvalue weighted by molar-refractivity contribution is 9.10. The van der Waals surface area contributed by atoms with Crippen LogP contribution in [-0.4, -0.2) is 44.3 Å². The summed E-state index contributed by atoms with van der Waals surface area (Å²) in [5.74, 6) is -0.515. The summed E-state index contributed by atoms with van der Waals surface area (Å²) >= 11 is 3.52. The van der Waals surface area contributed by atoms with Gasteiger partial charge in [0.05, 0.1) is 10.6 Å². The number of carbonyl (C=O) groups is 2. The van der Waals surface area contributed by atoms with E-state index >= 15 is 0 Å². The van der Waals surface area contributed by atoms with Gasteiger partial charge in [-0.1, -0.05) is 116 Å². The maximum atomic E-state index is 14.6. The number of hydrogen-bond acceptors (Lipinski definition) is 4. The Balaban J connectivity index is 1.79. The van der Waals surface area contributed by atoms with Crippen LogP contribution in [0.4, 0.5) is 5.69 Å². The highest BCUT2D eigenvalue weighted by Crippen LogP contribution is 2.27. The molecule has 4 rings (SSSR count). The van der Waals surface area contributed by atoms with Gasteiger partial charge >= 0.3 is 0 Å². The van der Waals surface area contributed by atoms with Gasteiger partial charge in [-0.25, -0.2) is 8.42 Å². The Bertz CT molecular complexity index is 1680. The predicted octanol–water partition coefficient (Wildman–Crippen LogP) is 7.32. The van der Waals surface area contributed by atoms with E-state index in [2.05, 4.69) is 35.1 Å². The Labute approximate surface area is 281 Å². The number of hydrogen-bond donors (Lipinski definition) is 1. The standard InChI is InChI=1S/C37H42BrN3O4S/c1-4-5-23-39-37(43)35(25-29-13-8-6-9-14-29)40(26-30-15-12-16-32(38)24-30)36(42)27-41(33-21-19-31(20-22-33)28(2)3)46(44,45)34-17-10-7-11-18-34/h6-22,24,28,35H,4-5,23,25-27H2,1-3H3,(H,39,43)/t35-/m1/s1. The zero-order valence-electron chi connectivity index (χ0n) is 26.6. The number of anilines is 1. The molecule has 2 amide bonds. The number of unbranched alkanes of at least 4 members (excludes halogenated alkanes) is 1. The number of sulfonamides is 1. The first kappa shape index (κ1) is 34.9. The molecule has 4 aromatic rings. The van der Waals surface area contributed by atoms with Gasteiger partial charge in [0.2, 0.25) is 11.8 Å². The van der Waals surface area contributed by atoms with Crippen molar-refractivity contribution < 1.29 is 18.0 Å². The summed E-state index contributed by atoms with van der Waals surface area (Å²) in [6.07, 6.45) is 1.98. The van der Waals surface area contributed by atoms with Gasteiger partial charge in [0.15, 0.2) is 0 Å². The SMILES string of the molecule is CCCCNC(=O)[C@@H](Cc1ccccc1)N(Cc1cccc(Br)c1)C(=O)CN(c1ccc(C(C)C)cc1)S(=O)(=O)c1ccccc1. The molecule has 0 radical (unpaired) electrons. The van der Waals surface area contributed by atoms with Crippen molar-refractivity contribution in [2.24, 2.45) is 0 Å². The molecule has 46 heavy (non-hydrogen) atoms. The second-order valence-corrected chi connectivity index (χ2v) is 14.4. The van der Waals surface area contributed by atoms with Crippen molar-refractivity contribution >= 4 is 43.5 Å². The van der Waals surface area contributed by atoms with E-state index in [1.807, 2.05) is 73.7 Å². The van der Waals surface area contributed by atoms with Gasteiger partial charge in [-0.3, -0.25) is 13.9 Å². The van der Waals surface area contributed by atoms with Crippen molar-refractivity contribution in [3.63, 3.8) is 0 Å². The maximum Gasteiger partial charge on any atom is 0.264 e. The molecule has 9 heteroatoms. The summed E-state index contributed by atoms with van der Waals surface area (Å²) in [4.78, 5) is 30.0. The predicted molar refractivity (Wildman–Crippen MR) is 188 cm³/mol. The van der Waals surface area contributed by atoms with Gasteiger partial charge in [-0.05, 0) is 65.4 Å². The molecule has 242 valence electrons. The second kappa shape index (κ2) is 16.6. The van der Waals surface area contributed by atoms with Crippen molar-refractivity contribution in [1.29, 1.82) is 0 Å². The Morgan fingerprint density at radius 1 is 0.826 bits per heavy atom. The van der Waals surface area contributed by atoms with Crippen LogP contribution in [0.2, 0.25) is 0 Å². The van der Waals surface area contributed by atoms with E-state index in [-0.39, 0.29) is 29.7 Å². The van der Waals surface area contributed by atoms with E-state index in [4.69, 9.17) is 0 Å².